The Morgan fingerprint density at radius 3 is 2.71 bits per heavy atom. The van der Waals surface area contributed by atoms with E-state index in [1.807, 2.05) is 62.9 Å². The first-order chi connectivity index (χ1) is 14.8. The van der Waals surface area contributed by atoms with Crippen molar-refractivity contribution >= 4 is 45.1 Å². The van der Waals surface area contributed by atoms with E-state index in [9.17, 15) is 9.59 Å². The first-order valence-corrected chi connectivity index (χ1v) is 10.5. The molecule has 1 aliphatic rings. The van der Waals surface area contributed by atoms with E-state index in [-0.39, 0.29) is 11.8 Å². The highest BCUT2D eigenvalue weighted by molar-refractivity contribution is 6.09. The number of H-pyrrole nitrogens is 2. The molecule has 0 saturated carbocycles. The predicted octanol–water partition coefficient (Wildman–Crippen LogP) is 4.10. The average molecular weight is 416 g/mol. The van der Waals surface area contributed by atoms with Crippen molar-refractivity contribution in [1.82, 2.24) is 20.2 Å². The van der Waals surface area contributed by atoms with E-state index in [2.05, 4.69) is 20.5 Å². The van der Waals surface area contributed by atoms with Crippen LogP contribution in [0.15, 0.2) is 30.3 Å². The summed E-state index contributed by atoms with van der Waals surface area (Å²) in [5.74, 6) is 0.703. The Labute approximate surface area is 179 Å². The molecule has 8 heteroatoms. The zero-order valence-electron chi connectivity index (χ0n) is 18.0. The number of rotatable bonds is 4. The first-order valence-electron chi connectivity index (χ1n) is 10.5. The number of aromatic nitrogens is 4. The van der Waals surface area contributed by atoms with Crippen molar-refractivity contribution in [2.24, 2.45) is 0 Å². The van der Waals surface area contributed by atoms with Gasteiger partial charge in [-0.05, 0) is 56.7 Å². The molecular weight excluding hydrogens is 392 g/mol. The smallest absolute Gasteiger partial charge is 0.237 e. The molecule has 2 aromatic heterocycles. The maximum atomic E-state index is 12.8. The molecule has 8 nitrogen and oxygen atoms in total. The van der Waals surface area contributed by atoms with Crippen molar-refractivity contribution in [3.63, 3.8) is 0 Å². The molecule has 5 rings (SSSR count). The minimum Gasteiger partial charge on any atom is -0.337 e. The molecule has 0 fully saturated rings. The number of nitrogens with zero attached hydrogens (tertiary/aromatic N) is 3. The molecule has 3 N–H and O–H groups in total. The number of hydrogen-bond acceptors (Lipinski definition) is 4. The van der Waals surface area contributed by atoms with Gasteiger partial charge in [0.25, 0.3) is 0 Å². The molecule has 1 aliphatic heterocycles. The highest BCUT2D eigenvalue weighted by Gasteiger charge is 2.43. The maximum absolute atomic E-state index is 12.8. The van der Waals surface area contributed by atoms with Gasteiger partial charge in [-0.2, -0.15) is 5.10 Å². The number of likely N-dealkylation sites (N-methyl/N-ethyl adjacent to an activating group) is 1. The molecular formula is C23H24N6O2. The Hall–Kier alpha value is -3.68. The Balaban J connectivity index is 1.62. The number of imidazole rings is 1. The molecule has 3 heterocycles. The number of aromatic amines is 2. The predicted molar refractivity (Wildman–Crippen MR) is 121 cm³/mol. The van der Waals surface area contributed by atoms with Crippen LogP contribution < -0.4 is 10.2 Å². The van der Waals surface area contributed by atoms with E-state index in [0.717, 1.165) is 38.9 Å². The Morgan fingerprint density at radius 1 is 1.16 bits per heavy atom. The van der Waals surface area contributed by atoms with Gasteiger partial charge >= 0.3 is 0 Å². The van der Waals surface area contributed by atoms with Crippen LogP contribution in [0.2, 0.25) is 0 Å². The summed E-state index contributed by atoms with van der Waals surface area (Å²) in [6, 6.07) is 9.63. The quantitative estimate of drug-likeness (QED) is 0.466. The number of benzene rings is 2. The highest BCUT2D eigenvalue weighted by atomic mass is 16.2. The SMILES string of the molecule is CCC(=O)Nc1ccc2[nH]nc(-c3nc4cc5c(cc4[nH]3)C(C)(C)C(=O)N5CC)c2c1. The lowest BCUT2D eigenvalue weighted by Crippen LogP contribution is -2.35. The molecule has 2 aromatic carbocycles. The standard InChI is InChI=1S/C23H24N6O2/c1-5-19(30)24-12-7-8-15-13(9-12)20(28-27-15)21-25-16-10-14-18(11-17(16)26-21)29(6-2)22(31)23(14,3)4/h7-11H,5-6H2,1-4H3,(H,24,30)(H,25,26)(H,27,28). The Kier molecular flexibility index (Phi) is 4.15. The maximum Gasteiger partial charge on any atom is 0.237 e. The highest BCUT2D eigenvalue weighted by Crippen LogP contribution is 2.43. The first kappa shape index (κ1) is 19.3. The molecule has 0 saturated heterocycles. The molecule has 158 valence electrons. The number of amides is 2. The van der Waals surface area contributed by atoms with Crippen LogP contribution in [0.3, 0.4) is 0 Å². The summed E-state index contributed by atoms with van der Waals surface area (Å²) >= 11 is 0. The molecule has 31 heavy (non-hydrogen) atoms. The third kappa shape index (κ3) is 2.82. The van der Waals surface area contributed by atoms with Crippen molar-refractivity contribution in [2.75, 3.05) is 16.8 Å². The van der Waals surface area contributed by atoms with Crippen LogP contribution in [0.1, 0.15) is 39.7 Å². The van der Waals surface area contributed by atoms with Gasteiger partial charge in [0, 0.05) is 24.0 Å². The fourth-order valence-corrected chi connectivity index (χ4v) is 4.28. The van der Waals surface area contributed by atoms with Crippen LogP contribution in [-0.2, 0) is 15.0 Å². The number of carbonyl (C=O) groups is 2. The lowest BCUT2D eigenvalue weighted by atomic mass is 9.86. The van der Waals surface area contributed by atoms with Gasteiger partial charge in [0.05, 0.1) is 27.7 Å². The Bertz CT molecular complexity index is 1360. The molecule has 0 bridgehead atoms. The van der Waals surface area contributed by atoms with Crippen LogP contribution >= 0.6 is 0 Å². The molecule has 0 aliphatic carbocycles. The summed E-state index contributed by atoms with van der Waals surface area (Å²) in [6.07, 6.45) is 0.415. The van der Waals surface area contributed by atoms with Crippen molar-refractivity contribution < 1.29 is 9.59 Å². The molecule has 0 radical (unpaired) electrons. The summed E-state index contributed by atoms with van der Waals surface area (Å²) in [5, 5.41) is 11.2. The van der Waals surface area contributed by atoms with Crippen LogP contribution in [0.5, 0.6) is 0 Å². The number of fused-ring (bicyclic) bond motifs is 3. The second-order valence-electron chi connectivity index (χ2n) is 8.38. The van der Waals surface area contributed by atoms with Crippen LogP contribution in [0.4, 0.5) is 11.4 Å². The number of carbonyl (C=O) groups excluding carboxylic acids is 2. The summed E-state index contributed by atoms with van der Waals surface area (Å²) in [6.45, 7) is 8.33. The van der Waals surface area contributed by atoms with Gasteiger partial charge in [-0.3, -0.25) is 14.7 Å². The van der Waals surface area contributed by atoms with E-state index in [4.69, 9.17) is 4.98 Å². The van der Waals surface area contributed by atoms with Crippen LogP contribution in [0.25, 0.3) is 33.5 Å². The van der Waals surface area contributed by atoms with Gasteiger partial charge < -0.3 is 15.2 Å². The number of anilines is 2. The Morgan fingerprint density at radius 2 is 1.97 bits per heavy atom. The molecule has 0 unspecified atom stereocenters. The van der Waals surface area contributed by atoms with Gasteiger partial charge in [0.1, 0.15) is 5.69 Å². The third-order valence-electron chi connectivity index (χ3n) is 6.05. The third-order valence-corrected chi connectivity index (χ3v) is 6.05. The van der Waals surface area contributed by atoms with E-state index in [1.165, 1.54) is 0 Å². The van der Waals surface area contributed by atoms with Gasteiger partial charge in [-0.1, -0.05) is 6.92 Å². The lowest BCUT2D eigenvalue weighted by molar-refractivity contribution is -0.122. The van der Waals surface area contributed by atoms with Crippen molar-refractivity contribution in [1.29, 1.82) is 0 Å². The summed E-state index contributed by atoms with van der Waals surface area (Å²) in [5.41, 5.74) is 5.24. The average Bonchev–Trinajstić information content (AvgIpc) is 3.40. The van der Waals surface area contributed by atoms with Gasteiger partial charge in [-0.15, -0.1) is 0 Å². The van der Waals surface area contributed by atoms with Crippen molar-refractivity contribution in [2.45, 2.75) is 39.5 Å². The second kappa shape index (κ2) is 6.66. The van der Waals surface area contributed by atoms with E-state index in [0.29, 0.717) is 24.5 Å². The second-order valence-corrected chi connectivity index (χ2v) is 8.38. The van der Waals surface area contributed by atoms with E-state index >= 15 is 0 Å². The molecule has 4 aromatic rings. The molecule has 0 atom stereocenters. The normalized spacial score (nSPS) is 15.1. The van der Waals surface area contributed by atoms with Gasteiger partial charge in [0.2, 0.25) is 11.8 Å². The van der Waals surface area contributed by atoms with Crippen LogP contribution in [0, 0.1) is 0 Å². The largest absolute Gasteiger partial charge is 0.337 e. The fourth-order valence-electron chi connectivity index (χ4n) is 4.28. The van der Waals surface area contributed by atoms with E-state index in [1.54, 1.807) is 0 Å². The fraction of sp³-hybridized carbons (Fsp3) is 0.304. The zero-order valence-corrected chi connectivity index (χ0v) is 18.0. The van der Waals surface area contributed by atoms with Crippen LogP contribution in [-0.4, -0.2) is 38.5 Å². The minimum absolute atomic E-state index is 0.0414. The summed E-state index contributed by atoms with van der Waals surface area (Å²) in [7, 11) is 0. The lowest BCUT2D eigenvalue weighted by Gasteiger charge is -2.18. The monoisotopic (exact) mass is 416 g/mol. The number of hydrogen-bond donors (Lipinski definition) is 3. The van der Waals surface area contributed by atoms with Crippen molar-refractivity contribution in [3.05, 3.63) is 35.9 Å². The molecule has 2 amide bonds. The van der Waals surface area contributed by atoms with Crippen molar-refractivity contribution in [3.8, 4) is 11.5 Å². The van der Waals surface area contributed by atoms with E-state index < -0.39 is 5.41 Å². The summed E-state index contributed by atoms with van der Waals surface area (Å²) in [4.78, 5) is 34.5. The topological polar surface area (TPSA) is 107 Å². The van der Waals surface area contributed by atoms with Gasteiger partial charge in [-0.25, -0.2) is 4.98 Å². The zero-order chi connectivity index (χ0) is 21.9. The molecule has 0 spiro atoms. The minimum atomic E-state index is -0.573. The van der Waals surface area contributed by atoms with Gasteiger partial charge in [0.15, 0.2) is 5.82 Å². The summed E-state index contributed by atoms with van der Waals surface area (Å²) < 4.78 is 0. The number of nitrogens with one attached hydrogen (secondary N) is 3.